The molecule has 1 N–H and O–H groups in total. The first-order valence-electron chi connectivity index (χ1n) is 8.24. The highest BCUT2D eigenvalue weighted by Crippen LogP contribution is 2.40. The lowest BCUT2D eigenvalue weighted by Gasteiger charge is -2.39. The summed E-state index contributed by atoms with van der Waals surface area (Å²) in [4.78, 5) is 14.4. The second-order valence-electron chi connectivity index (χ2n) is 6.58. The number of benzene rings is 1. The highest BCUT2D eigenvalue weighted by Gasteiger charge is 2.38. The molecule has 0 aliphatic carbocycles. The Labute approximate surface area is 149 Å². The van der Waals surface area contributed by atoms with E-state index in [1.807, 2.05) is 6.92 Å². The third-order valence-electron chi connectivity index (χ3n) is 4.77. The van der Waals surface area contributed by atoms with Crippen LogP contribution < -0.4 is 5.32 Å². The van der Waals surface area contributed by atoms with Crippen molar-refractivity contribution in [1.82, 2.24) is 10.2 Å². The van der Waals surface area contributed by atoms with Gasteiger partial charge in [0.15, 0.2) is 0 Å². The minimum Gasteiger partial charge on any atom is -0.363 e. The van der Waals surface area contributed by atoms with E-state index < -0.39 is 23.9 Å². The highest BCUT2D eigenvalue weighted by atomic mass is 35.5. The molecule has 3 atom stereocenters. The van der Waals surface area contributed by atoms with Crippen molar-refractivity contribution in [3.63, 3.8) is 0 Å². The van der Waals surface area contributed by atoms with E-state index in [1.54, 1.807) is 11.8 Å². The second-order valence-corrected chi connectivity index (χ2v) is 6.99. The SMILES string of the molecule is C[C@@H]1CNC[C@H](C(=O)N2CCc3cc(C(F)(F)F)cc(Cl)c3[C@@H]2C)O1. The fourth-order valence-electron chi connectivity index (χ4n) is 3.53. The predicted molar refractivity (Wildman–Crippen MR) is 87.5 cm³/mol. The fraction of sp³-hybridized carbons (Fsp3) is 0.588. The molecule has 2 aliphatic rings. The number of carbonyl (C=O) groups excluding carboxylic acids is 1. The Morgan fingerprint density at radius 3 is 2.68 bits per heavy atom. The quantitative estimate of drug-likeness (QED) is 0.818. The van der Waals surface area contributed by atoms with Gasteiger partial charge in [0, 0.05) is 24.7 Å². The lowest BCUT2D eigenvalue weighted by molar-refractivity contribution is -0.152. The van der Waals surface area contributed by atoms with Crippen LogP contribution in [0, 0.1) is 0 Å². The van der Waals surface area contributed by atoms with E-state index in [4.69, 9.17) is 16.3 Å². The van der Waals surface area contributed by atoms with Crippen LogP contribution in [0.25, 0.3) is 0 Å². The maximum absolute atomic E-state index is 13.0. The van der Waals surface area contributed by atoms with Crippen LogP contribution in [-0.2, 0) is 22.1 Å². The molecule has 1 aromatic carbocycles. The molecule has 1 saturated heterocycles. The van der Waals surface area contributed by atoms with Gasteiger partial charge in [-0.1, -0.05) is 11.6 Å². The summed E-state index contributed by atoms with van der Waals surface area (Å²) in [5, 5.41) is 3.20. The van der Waals surface area contributed by atoms with Crippen LogP contribution >= 0.6 is 11.6 Å². The fourth-order valence-corrected chi connectivity index (χ4v) is 3.93. The van der Waals surface area contributed by atoms with Crippen molar-refractivity contribution in [1.29, 1.82) is 0 Å². The minimum absolute atomic E-state index is 0.0471. The number of nitrogens with one attached hydrogen (secondary N) is 1. The monoisotopic (exact) mass is 376 g/mol. The molecule has 0 radical (unpaired) electrons. The zero-order valence-electron chi connectivity index (χ0n) is 14.0. The van der Waals surface area contributed by atoms with Crippen LogP contribution in [0.4, 0.5) is 13.2 Å². The molecular formula is C17H20ClF3N2O2. The Morgan fingerprint density at radius 2 is 2.04 bits per heavy atom. The van der Waals surface area contributed by atoms with Crippen LogP contribution in [-0.4, -0.2) is 42.6 Å². The predicted octanol–water partition coefficient (Wildman–Crippen LogP) is 3.18. The number of rotatable bonds is 1. The summed E-state index contributed by atoms with van der Waals surface area (Å²) in [5.41, 5.74) is 0.385. The summed E-state index contributed by atoms with van der Waals surface area (Å²) < 4.78 is 44.6. The second kappa shape index (κ2) is 6.78. The smallest absolute Gasteiger partial charge is 0.363 e. The van der Waals surface area contributed by atoms with Gasteiger partial charge in [-0.2, -0.15) is 13.2 Å². The van der Waals surface area contributed by atoms with E-state index in [0.717, 1.165) is 12.1 Å². The number of halogens is 4. The molecule has 0 unspecified atom stereocenters. The topological polar surface area (TPSA) is 41.6 Å². The summed E-state index contributed by atoms with van der Waals surface area (Å²) >= 11 is 6.15. The summed E-state index contributed by atoms with van der Waals surface area (Å²) in [6.07, 6.45) is -4.74. The van der Waals surface area contributed by atoms with Crippen molar-refractivity contribution >= 4 is 17.5 Å². The number of carbonyl (C=O) groups is 1. The van der Waals surface area contributed by atoms with E-state index in [2.05, 4.69) is 5.32 Å². The molecule has 1 amide bonds. The maximum atomic E-state index is 13.0. The number of hydrogen-bond donors (Lipinski definition) is 1. The minimum atomic E-state index is -4.44. The molecule has 0 bridgehead atoms. The Hall–Kier alpha value is -1.31. The van der Waals surface area contributed by atoms with Crippen molar-refractivity contribution in [2.45, 2.75) is 44.7 Å². The molecule has 1 fully saturated rings. The van der Waals surface area contributed by atoms with E-state index in [1.165, 1.54) is 0 Å². The van der Waals surface area contributed by atoms with Crippen molar-refractivity contribution < 1.29 is 22.7 Å². The Kier molecular flexibility index (Phi) is 5.01. The molecule has 1 aromatic rings. The molecule has 2 aliphatic heterocycles. The Morgan fingerprint density at radius 1 is 1.32 bits per heavy atom. The van der Waals surface area contributed by atoms with Gasteiger partial charge in [-0.05, 0) is 43.5 Å². The first-order valence-corrected chi connectivity index (χ1v) is 8.62. The molecule has 8 heteroatoms. The van der Waals surface area contributed by atoms with Crippen molar-refractivity contribution in [3.8, 4) is 0 Å². The average Bonchev–Trinajstić information content (AvgIpc) is 2.53. The summed E-state index contributed by atoms with van der Waals surface area (Å²) in [5.74, 6) is -0.159. The van der Waals surface area contributed by atoms with E-state index in [9.17, 15) is 18.0 Å². The number of nitrogens with zero attached hydrogens (tertiary/aromatic N) is 1. The van der Waals surface area contributed by atoms with Gasteiger partial charge in [0.1, 0.15) is 6.10 Å². The first-order chi connectivity index (χ1) is 11.7. The Balaban J connectivity index is 1.86. The van der Waals surface area contributed by atoms with Gasteiger partial charge in [-0.3, -0.25) is 4.79 Å². The molecule has 4 nitrogen and oxygen atoms in total. The number of fused-ring (bicyclic) bond motifs is 1. The lowest BCUT2D eigenvalue weighted by Crippen LogP contribution is -2.53. The third kappa shape index (κ3) is 3.64. The molecule has 138 valence electrons. The van der Waals surface area contributed by atoms with Crippen molar-refractivity contribution in [2.24, 2.45) is 0 Å². The maximum Gasteiger partial charge on any atom is 0.416 e. The molecule has 0 saturated carbocycles. The van der Waals surface area contributed by atoms with E-state index in [0.29, 0.717) is 37.2 Å². The molecule has 2 heterocycles. The van der Waals surface area contributed by atoms with Gasteiger partial charge in [-0.25, -0.2) is 0 Å². The lowest BCUT2D eigenvalue weighted by atomic mass is 9.91. The van der Waals surface area contributed by atoms with Gasteiger partial charge >= 0.3 is 6.18 Å². The van der Waals surface area contributed by atoms with Crippen LogP contribution in [0.3, 0.4) is 0 Å². The Bertz CT molecular complexity index is 681. The zero-order valence-corrected chi connectivity index (χ0v) is 14.7. The zero-order chi connectivity index (χ0) is 18.4. The number of hydrogen-bond acceptors (Lipinski definition) is 3. The largest absolute Gasteiger partial charge is 0.416 e. The normalized spacial score (nSPS) is 27.1. The van der Waals surface area contributed by atoms with Crippen LogP contribution in [0.5, 0.6) is 0 Å². The van der Waals surface area contributed by atoms with Crippen molar-refractivity contribution in [3.05, 3.63) is 33.8 Å². The molecule has 3 rings (SSSR count). The number of ether oxygens (including phenoxy) is 1. The third-order valence-corrected chi connectivity index (χ3v) is 5.08. The summed E-state index contributed by atoms with van der Waals surface area (Å²) in [6, 6.07) is 1.68. The van der Waals surface area contributed by atoms with Gasteiger partial charge in [0.25, 0.3) is 5.91 Å². The van der Waals surface area contributed by atoms with Gasteiger partial charge in [0.05, 0.1) is 17.7 Å². The number of alkyl halides is 3. The van der Waals surface area contributed by atoms with Gasteiger partial charge < -0.3 is 15.0 Å². The molecule has 0 spiro atoms. The summed E-state index contributed by atoms with van der Waals surface area (Å²) in [6.45, 7) is 5.14. The van der Waals surface area contributed by atoms with Gasteiger partial charge in [0.2, 0.25) is 0 Å². The number of amides is 1. The molecular weight excluding hydrogens is 357 g/mol. The van der Waals surface area contributed by atoms with Crippen LogP contribution in [0.15, 0.2) is 12.1 Å². The number of morpholine rings is 1. The molecule has 25 heavy (non-hydrogen) atoms. The van der Waals surface area contributed by atoms with Crippen LogP contribution in [0.2, 0.25) is 5.02 Å². The average molecular weight is 377 g/mol. The summed E-state index contributed by atoms with van der Waals surface area (Å²) in [7, 11) is 0. The van der Waals surface area contributed by atoms with Crippen LogP contribution in [0.1, 0.15) is 36.6 Å². The first kappa shape index (κ1) is 18.5. The highest BCUT2D eigenvalue weighted by molar-refractivity contribution is 6.31. The van der Waals surface area contributed by atoms with Gasteiger partial charge in [-0.15, -0.1) is 0 Å². The molecule has 0 aromatic heterocycles. The van der Waals surface area contributed by atoms with E-state index >= 15 is 0 Å². The standard InChI is InChI=1S/C17H20ClF3N2O2/c1-9-7-22-8-14(25-9)16(24)23-4-3-11-5-12(17(19,20)21)6-13(18)15(11)10(23)2/h5-6,9-10,14,22H,3-4,7-8H2,1-2H3/t9-,10+,14-/m1/s1. The van der Waals surface area contributed by atoms with Crippen molar-refractivity contribution in [2.75, 3.05) is 19.6 Å². The van der Waals surface area contributed by atoms with E-state index in [-0.39, 0.29) is 17.0 Å².